The summed E-state index contributed by atoms with van der Waals surface area (Å²) in [5, 5.41) is 4.82. The number of benzene rings is 1. The molecule has 0 aliphatic carbocycles. The van der Waals surface area contributed by atoms with E-state index in [4.69, 9.17) is 0 Å². The second-order valence-electron chi connectivity index (χ2n) is 4.13. The van der Waals surface area contributed by atoms with Gasteiger partial charge in [-0.05, 0) is 13.0 Å². The Bertz CT molecular complexity index is 549. The molecule has 1 aromatic heterocycles. The summed E-state index contributed by atoms with van der Waals surface area (Å²) in [7, 11) is 2.11. The Kier molecular flexibility index (Phi) is 1.66. The highest BCUT2D eigenvalue weighted by atomic mass is 15.1. The Morgan fingerprint density at radius 3 is 2.93 bits per heavy atom. The largest absolute Gasteiger partial charge is 0.365 e. The number of fused-ring (bicyclic) bond motifs is 3. The van der Waals surface area contributed by atoms with Gasteiger partial charge in [0.1, 0.15) is 5.82 Å². The van der Waals surface area contributed by atoms with Crippen LogP contribution in [-0.2, 0) is 7.05 Å². The van der Waals surface area contributed by atoms with Gasteiger partial charge in [0.2, 0.25) is 0 Å². The molecule has 0 saturated heterocycles. The molecule has 1 N–H and O–H groups in total. The number of nitrogens with one attached hydrogen (secondary N) is 1. The highest BCUT2D eigenvalue weighted by Gasteiger charge is 2.16. The highest BCUT2D eigenvalue weighted by molar-refractivity contribution is 5.96. The van der Waals surface area contributed by atoms with Crippen LogP contribution in [0.2, 0.25) is 0 Å². The van der Waals surface area contributed by atoms with Crippen LogP contribution in [0.1, 0.15) is 12.5 Å². The van der Waals surface area contributed by atoms with Gasteiger partial charge >= 0.3 is 0 Å². The molecule has 0 bridgehead atoms. The predicted octanol–water partition coefficient (Wildman–Crippen LogP) is 3.01. The molecule has 1 aliphatic rings. The number of rotatable bonds is 0. The summed E-state index contributed by atoms with van der Waals surface area (Å²) >= 11 is 0. The molecular weight excluding hydrogens is 184 g/mol. The molecule has 2 aromatic rings. The van der Waals surface area contributed by atoms with E-state index in [1.165, 1.54) is 22.3 Å². The van der Waals surface area contributed by atoms with E-state index in [1.54, 1.807) is 0 Å². The second-order valence-corrected chi connectivity index (χ2v) is 4.13. The van der Waals surface area contributed by atoms with E-state index >= 15 is 0 Å². The summed E-state index contributed by atoms with van der Waals surface area (Å²) in [5.41, 5.74) is 2.60. The lowest BCUT2D eigenvalue weighted by Gasteiger charge is -2.17. The first kappa shape index (κ1) is 8.60. The number of aromatic nitrogens is 1. The molecule has 1 aromatic carbocycles. The molecule has 3 rings (SSSR count). The maximum Gasteiger partial charge on any atom is 0.114 e. The number of para-hydroxylation sites is 1. The van der Waals surface area contributed by atoms with Crippen LogP contribution in [0, 0.1) is 0 Å². The van der Waals surface area contributed by atoms with Crippen molar-refractivity contribution in [3.63, 3.8) is 0 Å². The third kappa shape index (κ3) is 1.11. The number of hydrogen-bond donors (Lipinski definition) is 1. The Morgan fingerprint density at radius 2 is 2.07 bits per heavy atom. The van der Waals surface area contributed by atoms with Gasteiger partial charge in [0.05, 0.1) is 0 Å². The molecule has 0 amide bonds. The maximum atomic E-state index is 3.49. The first-order valence-electron chi connectivity index (χ1n) is 5.29. The molecule has 1 unspecified atom stereocenters. The second kappa shape index (κ2) is 2.89. The SMILES string of the molecule is CC1C=Cc2c(n(C)c3ccccc23)N1. The number of aryl methyl sites for hydroxylation is 1. The Hall–Kier alpha value is -1.70. The van der Waals surface area contributed by atoms with Gasteiger partial charge in [-0.2, -0.15) is 0 Å². The molecule has 0 saturated carbocycles. The van der Waals surface area contributed by atoms with E-state index in [9.17, 15) is 0 Å². The highest BCUT2D eigenvalue weighted by Crippen LogP contribution is 2.33. The van der Waals surface area contributed by atoms with Crippen molar-refractivity contribution in [2.24, 2.45) is 7.05 Å². The zero-order valence-corrected chi connectivity index (χ0v) is 8.99. The maximum absolute atomic E-state index is 3.49. The van der Waals surface area contributed by atoms with E-state index in [-0.39, 0.29) is 0 Å². The van der Waals surface area contributed by atoms with Crippen molar-refractivity contribution in [1.82, 2.24) is 4.57 Å². The molecule has 2 heteroatoms. The van der Waals surface area contributed by atoms with Crippen LogP contribution >= 0.6 is 0 Å². The minimum absolute atomic E-state index is 0.417. The average molecular weight is 198 g/mol. The molecule has 76 valence electrons. The van der Waals surface area contributed by atoms with Gasteiger partial charge in [0.15, 0.2) is 0 Å². The van der Waals surface area contributed by atoms with E-state index in [2.05, 4.69) is 60.3 Å². The fourth-order valence-electron chi connectivity index (χ4n) is 2.27. The molecule has 15 heavy (non-hydrogen) atoms. The number of nitrogens with zero attached hydrogens (tertiary/aromatic N) is 1. The summed E-state index contributed by atoms with van der Waals surface area (Å²) in [6, 6.07) is 8.93. The van der Waals surface area contributed by atoms with Gasteiger partial charge in [-0.15, -0.1) is 0 Å². The smallest absolute Gasteiger partial charge is 0.114 e. The van der Waals surface area contributed by atoms with Crippen LogP contribution in [0.3, 0.4) is 0 Å². The first-order chi connectivity index (χ1) is 7.27. The fraction of sp³-hybridized carbons (Fsp3) is 0.231. The third-order valence-electron chi connectivity index (χ3n) is 3.06. The lowest BCUT2D eigenvalue weighted by Crippen LogP contribution is -2.17. The van der Waals surface area contributed by atoms with Crippen molar-refractivity contribution in [2.75, 3.05) is 5.32 Å². The number of anilines is 1. The van der Waals surface area contributed by atoms with E-state index in [0.717, 1.165) is 0 Å². The summed E-state index contributed by atoms with van der Waals surface area (Å²) in [5.74, 6) is 1.23. The third-order valence-corrected chi connectivity index (χ3v) is 3.06. The van der Waals surface area contributed by atoms with Crippen molar-refractivity contribution >= 4 is 22.8 Å². The quantitative estimate of drug-likeness (QED) is 0.688. The minimum Gasteiger partial charge on any atom is -0.365 e. The Labute approximate surface area is 89.2 Å². The van der Waals surface area contributed by atoms with Gasteiger partial charge in [-0.1, -0.05) is 30.4 Å². The van der Waals surface area contributed by atoms with Gasteiger partial charge in [0, 0.05) is 29.6 Å². The van der Waals surface area contributed by atoms with E-state index < -0.39 is 0 Å². The molecule has 1 aliphatic heterocycles. The van der Waals surface area contributed by atoms with Crippen LogP contribution in [0.5, 0.6) is 0 Å². The monoisotopic (exact) mass is 198 g/mol. The lowest BCUT2D eigenvalue weighted by molar-refractivity contribution is 0.905. The normalized spacial score (nSPS) is 18.9. The van der Waals surface area contributed by atoms with Crippen LogP contribution in [-0.4, -0.2) is 10.6 Å². The molecule has 0 spiro atoms. The lowest BCUT2D eigenvalue weighted by atomic mass is 10.1. The Balaban J connectivity index is 2.39. The van der Waals surface area contributed by atoms with E-state index in [1.807, 2.05) is 0 Å². The molecule has 2 nitrogen and oxygen atoms in total. The zero-order chi connectivity index (χ0) is 10.4. The van der Waals surface area contributed by atoms with Crippen molar-refractivity contribution in [3.8, 4) is 0 Å². The fourth-order valence-corrected chi connectivity index (χ4v) is 2.27. The average Bonchev–Trinajstić information content (AvgIpc) is 2.54. The molecule has 1 atom stereocenters. The zero-order valence-electron chi connectivity index (χ0n) is 8.99. The van der Waals surface area contributed by atoms with Gasteiger partial charge in [-0.3, -0.25) is 0 Å². The topological polar surface area (TPSA) is 17.0 Å². The molecule has 0 radical (unpaired) electrons. The van der Waals surface area contributed by atoms with Crippen LogP contribution in [0.15, 0.2) is 30.3 Å². The first-order valence-corrected chi connectivity index (χ1v) is 5.29. The summed E-state index contributed by atoms with van der Waals surface area (Å²) in [6.45, 7) is 2.16. The number of hydrogen-bond acceptors (Lipinski definition) is 1. The van der Waals surface area contributed by atoms with Crippen molar-refractivity contribution < 1.29 is 0 Å². The van der Waals surface area contributed by atoms with Crippen molar-refractivity contribution in [2.45, 2.75) is 13.0 Å². The van der Waals surface area contributed by atoms with Gasteiger partial charge < -0.3 is 9.88 Å². The standard InChI is InChI=1S/C13H14N2/c1-9-7-8-11-10-5-3-4-6-12(10)15(2)13(11)14-9/h3-9,14H,1-2H3. The molecular formula is C13H14N2. The van der Waals surface area contributed by atoms with Gasteiger partial charge in [-0.25, -0.2) is 0 Å². The van der Waals surface area contributed by atoms with Crippen molar-refractivity contribution in [3.05, 3.63) is 35.9 Å². The van der Waals surface area contributed by atoms with Crippen LogP contribution < -0.4 is 5.32 Å². The van der Waals surface area contributed by atoms with Crippen molar-refractivity contribution in [1.29, 1.82) is 0 Å². The Morgan fingerprint density at radius 1 is 1.27 bits per heavy atom. The molecule has 0 fully saturated rings. The summed E-state index contributed by atoms with van der Waals surface area (Å²) < 4.78 is 2.23. The summed E-state index contributed by atoms with van der Waals surface area (Å²) in [6.07, 6.45) is 4.42. The van der Waals surface area contributed by atoms with E-state index in [0.29, 0.717) is 6.04 Å². The van der Waals surface area contributed by atoms with Crippen LogP contribution in [0.25, 0.3) is 17.0 Å². The summed E-state index contributed by atoms with van der Waals surface area (Å²) in [4.78, 5) is 0. The minimum atomic E-state index is 0.417. The van der Waals surface area contributed by atoms with Crippen LogP contribution in [0.4, 0.5) is 5.82 Å². The van der Waals surface area contributed by atoms with Gasteiger partial charge in [0.25, 0.3) is 0 Å². The predicted molar refractivity (Wildman–Crippen MR) is 65.0 cm³/mol. The molecule has 2 heterocycles.